The molecule has 2 aromatic carbocycles. The molecule has 0 amide bonds. The van der Waals surface area contributed by atoms with Gasteiger partial charge in [-0.2, -0.15) is 0 Å². The molecule has 0 aliphatic heterocycles. The number of carbonyl (C=O) groups is 1. The van der Waals surface area contributed by atoms with E-state index in [1.807, 2.05) is 24.3 Å². The van der Waals surface area contributed by atoms with Crippen LogP contribution in [-0.4, -0.2) is 10.9 Å². The fraction of sp³-hybridized carbons (Fsp3) is 0.118. The number of carbonyl (C=O) groups excluding carboxylic acids is 1. The maximum Gasteiger partial charge on any atom is 0.150 e. The van der Waals surface area contributed by atoms with Gasteiger partial charge >= 0.3 is 0 Å². The first-order chi connectivity index (χ1) is 9.29. The molecule has 19 heavy (non-hydrogen) atoms. The standard InChI is InChI=1S/C17H15NO/c1-13(15-5-3-2-4-6-15)18-10-9-16-11-14(12-19)7-8-17(16)18/h2-13H,1H3. The predicted octanol–water partition coefficient (Wildman–Crippen LogP) is 4.06. The van der Waals surface area contributed by atoms with Gasteiger partial charge in [0.1, 0.15) is 6.29 Å². The molecule has 0 aliphatic carbocycles. The number of nitrogens with zero attached hydrogens (tertiary/aromatic N) is 1. The molecule has 0 aliphatic rings. The lowest BCUT2D eigenvalue weighted by molar-refractivity contribution is 0.112. The summed E-state index contributed by atoms with van der Waals surface area (Å²) in [7, 11) is 0. The molecular weight excluding hydrogens is 234 g/mol. The van der Waals surface area contributed by atoms with Gasteiger partial charge in [0.2, 0.25) is 0 Å². The van der Waals surface area contributed by atoms with Gasteiger partial charge in [0.15, 0.2) is 0 Å². The second kappa shape index (κ2) is 4.73. The van der Waals surface area contributed by atoms with Crippen molar-refractivity contribution in [2.45, 2.75) is 13.0 Å². The second-order valence-corrected chi connectivity index (χ2v) is 4.75. The molecule has 94 valence electrons. The minimum Gasteiger partial charge on any atom is -0.340 e. The Hall–Kier alpha value is -2.35. The van der Waals surface area contributed by atoms with E-state index in [2.05, 4.69) is 48.0 Å². The molecular formula is C17H15NO. The largest absolute Gasteiger partial charge is 0.340 e. The van der Waals surface area contributed by atoms with E-state index in [0.717, 1.165) is 22.8 Å². The minimum absolute atomic E-state index is 0.279. The van der Waals surface area contributed by atoms with Gasteiger partial charge in [-0.15, -0.1) is 0 Å². The average Bonchev–Trinajstić information content (AvgIpc) is 2.90. The number of hydrogen-bond acceptors (Lipinski definition) is 1. The molecule has 0 radical (unpaired) electrons. The Morgan fingerprint density at radius 1 is 1.05 bits per heavy atom. The quantitative estimate of drug-likeness (QED) is 0.641. The molecule has 1 unspecified atom stereocenters. The zero-order valence-corrected chi connectivity index (χ0v) is 10.8. The first kappa shape index (κ1) is 11.7. The number of hydrogen-bond donors (Lipinski definition) is 0. The molecule has 3 aromatic rings. The van der Waals surface area contributed by atoms with Crippen molar-refractivity contribution in [1.82, 2.24) is 4.57 Å². The van der Waals surface area contributed by atoms with Crippen LogP contribution in [0.25, 0.3) is 10.9 Å². The summed E-state index contributed by atoms with van der Waals surface area (Å²) in [6.07, 6.45) is 2.97. The van der Waals surface area contributed by atoms with Crippen LogP contribution in [0.3, 0.4) is 0 Å². The predicted molar refractivity (Wildman–Crippen MR) is 77.6 cm³/mol. The normalized spacial score (nSPS) is 12.5. The molecule has 3 rings (SSSR count). The van der Waals surface area contributed by atoms with Crippen LogP contribution < -0.4 is 0 Å². The van der Waals surface area contributed by atoms with Crippen molar-refractivity contribution in [2.75, 3.05) is 0 Å². The van der Waals surface area contributed by atoms with Crippen molar-refractivity contribution in [3.8, 4) is 0 Å². The lowest BCUT2D eigenvalue weighted by Gasteiger charge is -2.15. The van der Waals surface area contributed by atoms with Gasteiger partial charge in [-0.1, -0.05) is 30.3 Å². The summed E-state index contributed by atoms with van der Waals surface area (Å²) in [5.74, 6) is 0. The molecule has 2 heteroatoms. The molecule has 1 heterocycles. The number of benzene rings is 2. The number of aromatic nitrogens is 1. The van der Waals surface area contributed by atoms with E-state index < -0.39 is 0 Å². The van der Waals surface area contributed by atoms with Crippen molar-refractivity contribution in [1.29, 1.82) is 0 Å². The Balaban J connectivity index is 2.08. The Morgan fingerprint density at radius 3 is 2.58 bits per heavy atom. The second-order valence-electron chi connectivity index (χ2n) is 4.75. The Labute approximate surface area is 112 Å². The van der Waals surface area contributed by atoms with E-state index in [1.165, 1.54) is 5.56 Å². The van der Waals surface area contributed by atoms with E-state index in [9.17, 15) is 4.79 Å². The maximum atomic E-state index is 10.8. The van der Waals surface area contributed by atoms with Gasteiger partial charge < -0.3 is 4.57 Å². The number of aldehydes is 1. The third-order valence-electron chi connectivity index (χ3n) is 3.58. The summed E-state index contributed by atoms with van der Waals surface area (Å²) in [6, 6.07) is 18.6. The van der Waals surface area contributed by atoms with E-state index in [4.69, 9.17) is 0 Å². The molecule has 0 saturated heterocycles. The Morgan fingerprint density at radius 2 is 1.84 bits per heavy atom. The molecule has 1 aromatic heterocycles. The first-order valence-corrected chi connectivity index (χ1v) is 6.40. The maximum absolute atomic E-state index is 10.8. The lowest BCUT2D eigenvalue weighted by atomic mass is 10.1. The Bertz CT molecular complexity index is 712. The average molecular weight is 249 g/mol. The summed E-state index contributed by atoms with van der Waals surface area (Å²) in [4.78, 5) is 10.8. The van der Waals surface area contributed by atoms with Crippen LogP contribution in [0.15, 0.2) is 60.8 Å². The fourth-order valence-corrected chi connectivity index (χ4v) is 2.49. The van der Waals surface area contributed by atoms with Crippen molar-refractivity contribution in [3.63, 3.8) is 0 Å². The number of rotatable bonds is 3. The van der Waals surface area contributed by atoms with Crippen LogP contribution in [0.1, 0.15) is 28.9 Å². The first-order valence-electron chi connectivity index (χ1n) is 6.40. The summed E-state index contributed by atoms with van der Waals surface area (Å²) < 4.78 is 2.24. The monoisotopic (exact) mass is 249 g/mol. The van der Waals surface area contributed by atoms with Crippen molar-refractivity contribution >= 4 is 17.2 Å². The van der Waals surface area contributed by atoms with Gasteiger partial charge in [0.25, 0.3) is 0 Å². The highest BCUT2D eigenvalue weighted by molar-refractivity contribution is 5.87. The smallest absolute Gasteiger partial charge is 0.150 e. The van der Waals surface area contributed by atoms with E-state index in [0.29, 0.717) is 0 Å². The van der Waals surface area contributed by atoms with Crippen LogP contribution in [0.4, 0.5) is 0 Å². The van der Waals surface area contributed by atoms with E-state index in [-0.39, 0.29) is 6.04 Å². The molecule has 1 atom stereocenters. The summed E-state index contributed by atoms with van der Waals surface area (Å²) in [5, 5.41) is 1.10. The SMILES string of the molecule is CC(c1ccccc1)n1ccc2cc(C=O)ccc21. The highest BCUT2D eigenvalue weighted by Gasteiger charge is 2.10. The summed E-state index contributed by atoms with van der Waals surface area (Å²) in [5.41, 5.74) is 3.15. The molecule has 0 N–H and O–H groups in total. The zero-order valence-electron chi connectivity index (χ0n) is 10.8. The third kappa shape index (κ3) is 2.06. The van der Waals surface area contributed by atoms with Gasteiger partial charge in [-0.05, 0) is 36.8 Å². The Kier molecular flexibility index (Phi) is 2.92. The zero-order chi connectivity index (χ0) is 13.2. The van der Waals surface area contributed by atoms with E-state index >= 15 is 0 Å². The highest BCUT2D eigenvalue weighted by atomic mass is 16.1. The minimum atomic E-state index is 0.279. The molecule has 0 bridgehead atoms. The van der Waals surface area contributed by atoms with Crippen LogP contribution in [0.5, 0.6) is 0 Å². The summed E-state index contributed by atoms with van der Waals surface area (Å²) >= 11 is 0. The van der Waals surface area contributed by atoms with Crippen molar-refractivity contribution < 1.29 is 4.79 Å². The van der Waals surface area contributed by atoms with Crippen LogP contribution in [0.2, 0.25) is 0 Å². The molecule has 0 spiro atoms. The van der Waals surface area contributed by atoms with Crippen molar-refractivity contribution in [3.05, 3.63) is 71.9 Å². The summed E-state index contributed by atoms with van der Waals surface area (Å²) in [6.45, 7) is 2.18. The molecule has 0 fully saturated rings. The van der Waals surface area contributed by atoms with Crippen LogP contribution in [-0.2, 0) is 0 Å². The van der Waals surface area contributed by atoms with Gasteiger partial charge in [0, 0.05) is 22.7 Å². The van der Waals surface area contributed by atoms with Crippen molar-refractivity contribution in [2.24, 2.45) is 0 Å². The lowest BCUT2D eigenvalue weighted by Crippen LogP contribution is -2.04. The molecule has 2 nitrogen and oxygen atoms in total. The van der Waals surface area contributed by atoms with Crippen LogP contribution >= 0.6 is 0 Å². The van der Waals surface area contributed by atoms with Gasteiger partial charge in [-0.25, -0.2) is 0 Å². The van der Waals surface area contributed by atoms with Crippen LogP contribution in [0, 0.1) is 0 Å². The molecule has 0 saturated carbocycles. The van der Waals surface area contributed by atoms with Gasteiger partial charge in [0.05, 0.1) is 6.04 Å². The topological polar surface area (TPSA) is 22.0 Å². The highest BCUT2D eigenvalue weighted by Crippen LogP contribution is 2.25. The number of fused-ring (bicyclic) bond motifs is 1. The van der Waals surface area contributed by atoms with E-state index in [1.54, 1.807) is 0 Å². The fourth-order valence-electron chi connectivity index (χ4n) is 2.49. The third-order valence-corrected chi connectivity index (χ3v) is 3.58. The van der Waals surface area contributed by atoms with Gasteiger partial charge in [-0.3, -0.25) is 4.79 Å².